The molecule has 1 aromatic carbocycles. The van der Waals surface area contributed by atoms with Crippen LogP contribution in [0.4, 0.5) is 11.4 Å². The van der Waals surface area contributed by atoms with Crippen LogP contribution in [-0.4, -0.2) is 23.0 Å². The van der Waals surface area contributed by atoms with Gasteiger partial charge in [-0.25, -0.2) is 0 Å². The highest BCUT2D eigenvalue weighted by molar-refractivity contribution is 6.21. The minimum atomic E-state index is -0.956. The fourth-order valence-electron chi connectivity index (χ4n) is 2.31. The first-order valence-electron chi connectivity index (χ1n) is 6.35. The Kier molecular flexibility index (Phi) is 3.59. The lowest BCUT2D eigenvalue weighted by atomic mass is 9.79. The van der Waals surface area contributed by atoms with Crippen LogP contribution in [0.25, 0.3) is 0 Å². The van der Waals surface area contributed by atoms with Crippen LogP contribution >= 0.6 is 0 Å². The zero-order chi connectivity index (χ0) is 15.8. The molecule has 0 saturated carbocycles. The number of non-ortho nitro benzene ring substituents is 1. The molecule has 1 fully saturated rings. The van der Waals surface area contributed by atoms with Crippen LogP contribution in [0.5, 0.6) is 0 Å². The molecule has 0 spiro atoms. The number of nitrogens with zero attached hydrogens (tertiary/aromatic N) is 2. The summed E-state index contributed by atoms with van der Waals surface area (Å²) < 4.78 is 0. The summed E-state index contributed by atoms with van der Waals surface area (Å²) in [5.74, 6) is -1.71. The molecule has 1 aromatic rings. The second-order valence-electron chi connectivity index (χ2n) is 5.54. The molecule has 7 heteroatoms. The molecule has 0 aliphatic carbocycles. The van der Waals surface area contributed by atoms with Crippen LogP contribution in [0.1, 0.15) is 20.3 Å². The number of benzene rings is 1. The summed E-state index contributed by atoms with van der Waals surface area (Å²) in [5.41, 5.74) is -1.00. The van der Waals surface area contributed by atoms with Crippen LogP contribution in [0.3, 0.4) is 0 Å². The molecule has 0 unspecified atom stereocenters. The van der Waals surface area contributed by atoms with Crippen molar-refractivity contribution in [2.24, 2.45) is 11.3 Å². The summed E-state index contributed by atoms with van der Waals surface area (Å²) in [6, 6.07) is 5.32. The number of hydrogen-bond acceptors (Lipinski definition) is 5. The van der Waals surface area contributed by atoms with Crippen molar-refractivity contribution in [1.82, 2.24) is 0 Å². The number of anilines is 1. The van der Waals surface area contributed by atoms with E-state index in [1.165, 1.54) is 24.3 Å². The number of nitro benzene ring substituents is 1. The maximum atomic E-state index is 12.4. The van der Waals surface area contributed by atoms with Crippen LogP contribution < -0.4 is 4.90 Å². The van der Waals surface area contributed by atoms with Gasteiger partial charge in [0.05, 0.1) is 16.5 Å². The largest absolute Gasteiger partial charge is 0.303 e. The number of aldehydes is 1. The van der Waals surface area contributed by atoms with E-state index in [2.05, 4.69) is 0 Å². The topological polar surface area (TPSA) is 97.6 Å². The zero-order valence-electron chi connectivity index (χ0n) is 11.6. The maximum Gasteiger partial charge on any atom is 0.271 e. The van der Waals surface area contributed by atoms with Crippen LogP contribution in [0.2, 0.25) is 0 Å². The number of amides is 2. The van der Waals surface area contributed by atoms with Crippen LogP contribution in [-0.2, 0) is 14.4 Å². The van der Waals surface area contributed by atoms with Gasteiger partial charge in [-0.15, -0.1) is 0 Å². The number of imide groups is 1. The Labute approximate surface area is 120 Å². The highest BCUT2D eigenvalue weighted by Crippen LogP contribution is 2.37. The third-order valence-electron chi connectivity index (χ3n) is 3.65. The first-order chi connectivity index (χ1) is 9.77. The highest BCUT2D eigenvalue weighted by Gasteiger charge is 2.47. The summed E-state index contributed by atoms with van der Waals surface area (Å²) in [6.45, 7) is 3.18. The SMILES string of the molecule is CC(C)(C=O)[C@@H]1CC(=O)N(c2cccc([N+](=O)[O-])c2)C1=O. The molecule has 1 aliphatic rings. The Bertz CT molecular complexity index is 638. The van der Waals surface area contributed by atoms with Crippen molar-refractivity contribution >= 4 is 29.5 Å². The average molecular weight is 290 g/mol. The Morgan fingerprint density at radius 3 is 2.62 bits per heavy atom. The van der Waals surface area contributed by atoms with Gasteiger partial charge in [-0.1, -0.05) is 19.9 Å². The van der Waals surface area contributed by atoms with Gasteiger partial charge in [0.25, 0.3) is 5.69 Å². The van der Waals surface area contributed by atoms with Crippen molar-refractivity contribution in [2.45, 2.75) is 20.3 Å². The Balaban J connectivity index is 2.39. The number of nitro groups is 1. The Morgan fingerprint density at radius 2 is 2.05 bits per heavy atom. The molecule has 2 rings (SSSR count). The van der Waals surface area contributed by atoms with E-state index >= 15 is 0 Å². The smallest absolute Gasteiger partial charge is 0.271 e. The molecular formula is C14H14N2O5. The average Bonchev–Trinajstić information content (AvgIpc) is 2.75. The summed E-state index contributed by atoms with van der Waals surface area (Å²) in [5, 5.41) is 10.8. The van der Waals surface area contributed by atoms with E-state index in [0.717, 1.165) is 4.90 Å². The van der Waals surface area contributed by atoms with Crippen molar-refractivity contribution in [3.8, 4) is 0 Å². The monoisotopic (exact) mass is 290 g/mol. The van der Waals surface area contributed by atoms with E-state index in [-0.39, 0.29) is 17.8 Å². The van der Waals surface area contributed by atoms with E-state index in [0.29, 0.717) is 6.29 Å². The van der Waals surface area contributed by atoms with Crippen LogP contribution in [0.15, 0.2) is 24.3 Å². The second-order valence-corrected chi connectivity index (χ2v) is 5.54. The second kappa shape index (κ2) is 5.08. The minimum Gasteiger partial charge on any atom is -0.303 e. The quantitative estimate of drug-likeness (QED) is 0.364. The minimum absolute atomic E-state index is 0.0761. The summed E-state index contributed by atoms with van der Waals surface area (Å²) in [7, 11) is 0. The molecule has 1 heterocycles. The summed E-state index contributed by atoms with van der Waals surface area (Å²) >= 11 is 0. The number of carbonyl (C=O) groups excluding carboxylic acids is 3. The van der Waals surface area contributed by atoms with Crippen molar-refractivity contribution in [3.05, 3.63) is 34.4 Å². The van der Waals surface area contributed by atoms with Crippen LogP contribution in [0, 0.1) is 21.4 Å². The number of carbonyl (C=O) groups is 3. The molecular weight excluding hydrogens is 276 g/mol. The van der Waals surface area contributed by atoms with E-state index in [4.69, 9.17) is 0 Å². The molecule has 1 atom stereocenters. The third kappa shape index (κ3) is 2.54. The lowest BCUT2D eigenvalue weighted by molar-refractivity contribution is -0.384. The number of hydrogen-bond donors (Lipinski definition) is 0. The molecule has 0 radical (unpaired) electrons. The van der Waals surface area contributed by atoms with Crippen molar-refractivity contribution in [1.29, 1.82) is 0 Å². The zero-order valence-corrected chi connectivity index (χ0v) is 11.6. The first-order valence-corrected chi connectivity index (χ1v) is 6.35. The van der Waals surface area contributed by atoms with E-state index in [1.54, 1.807) is 13.8 Å². The molecule has 110 valence electrons. The summed E-state index contributed by atoms with van der Waals surface area (Å²) in [6.07, 6.45) is 0.576. The van der Waals surface area contributed by atoms with Gasteiger partial charge in [0.15, 0.2) is 0 Å². The van der Waals surface area contributed by atoms with Gasteiger partial charge in [-0.3, -0.25) is 24.6 Å². The standard InChI is InChI=1S/C14H14N2O5/c1-14(2,8-17)11-7-12(18)15(13(11)19)9-4-3-5-10(6-9)16(20)21/h3-6,8,11H,7H2,1-2H3/t11-/m1/s1. The van der Waals surface area contributed by atoms with Crippen molar-refractivity contribution < 1.29 is 19.3 Å². The molecule has 0 N–H and O–H groups in total. The third-order valence-corrected chi connectivity index (χ3v) is 3.65. The maximum absolute atomic E-state index is 12.4. The first kappa shape index (κ1) is 14.8. The molecule has 7 nitrogen and oxygen atoms in total. The van der Waals surface area contributed by atoms with Crippen molar-refractivity contribution in [3.63, 3.8) is 0 Å². The van der Waals surface area contributed by atoms with Gasteiger partial charge in [-0.05, 0) is 6.07 Å². The lowest BCUT2D eigenvalue weighted by Crippen LogP contribution is -2.35. The summed E-state index contributed by atoms with van der Waals surface area (Å²) in [4.78, 5) is 46.6. The van der Waals surface area contributed by atoms with Gasteiger partial charge in [0, 0.05) is 24.0 Å². The molecule has 0 bridgehead atoms. The van der Waals surface area contributed by atoms with Gasteiger partial charge in [0.1, 0.15) is 6.29 Å². The Hall–Kier alpha value is -2.57. The molecule has 0 aromatic heterocycles. The lowest BCUT2D eigenvalue weighted by Gasteiger charge is -2.23. The van der Waals surface area contributed by atoms with Crippen molar-refractivity contribution in [2.75, 3.05) is 4.90 Å². The van der Waals surface area contributed by atoms with Gasteiger partial charge < -0.3 is 4.79 Å². The predicted molar refractivity (Wildman–Crippen MR) is 73.5 cm³/mol. The van der Waals surface area contributed by atoms with E-state index in [1.807, 2.05) is 0 Å². The van der Waals surface area contributed by atoms with Gasteiger partial charge in [-0.2, -0.15) is 0 Å². The van der Waals surface area contributed by atoms with Gasteiger partial charge in [0.2, 0.25) is 11.8 Å². The molecule has 2 amide bonds. The fraction of sp³-hybridized carbons (Fsp3) is 0.357. The normalized spacial score (nSPS) is 19.0. The highest BCUT2D eigenvalue weighted by atomic mass is 16.6. The van der Waals surface area contributed by atoms with Gasteiger partial charge >= 0.3 is 0 Å². The van der Waals surface area contributed by atoms with E-state index in [9.17, 15) is 24.5 Å². The fourth-order valence-corrected chi connectivity index (χ4v) is 2.31. The van der Waals surface area contributed by atoms with E-state index < -0.39 is 28.1 Å². The molecule has 21 heavy (non-hydrogen) atoms. The predicted octanol–water partition coefficient (Wildman–Crippen LogP) is 1.70. The number of rotatable bonds is 4. The molecule has 1 saturated heterocycles. The Morgan fingerprint density at radius 1 is 1.38 bits per heavy atom. The molecule has 1 aliphatic heterocycles.